The van der Waals surface area contributed by atoms with Crippen LogP contribution in [-0.4, -0.2) is 41.3 Å². The van der Waals surface area contributed by atoms with Crippen LogP contribution in [0.15, 0.2) is 54.6 Å². The summed E-state index contributed by atoms with van der Waals surface area (Å²) in [5.74, 6) is -1.25. The van der Waals surface area contributed by atoms with Crippen molar-refractivity contribution < 1.29 is 23.9 Å². The molecular weight excluding hydrogens is 427 g/mol. The van der Waals surface area contributed by atoms with E-state index in [2.05, 4.69) is 0 Å². The largest absolute Gasteiger partial charge is 0.516 e. The van der Waals surface area contributed by atoms with Crippen LogP contribution in [0.5, 0.6) is 0 Å². The number of nitrogens with two attached hydrogens (primary N) is 1. The first-order valence-electron chi connectivity index (χ1n) is 9.37. The number of carbonyl (C=O) groups excluding carboxylic acids is 1. The molecule has 0 aromatic heterocycles. The van der Waals surface area contributed by atoms with Gasteiger partial charge in [0.2, 0.25) is 0 Å². The zero-order valence-electron chi connectivity index (χ0n) is 17.5. The van der Waals surface area contributed by atoms with Crippen LogP contribution in [0.3, 0.4) is 0 Å². The van der Waals surface area contributed by atoms with Gasteiger partial charge >= 0.3 is 12.1 Å². The van der Waals surface area contributed by atoms with E-state index >= 15 is 0 Å². The van der Waals surface area contributed by atoms with Crippen LogP contribution in [0.2, 0.25) is 0 Å². The molecule has 0 heterocycles. The van der Waals surface area contributed by atoms with Gasteiger partial charge in [-0.15, -0.1) is 24.8 Å². The van der Waals surface area contributed by atoms with Crippen LogP contribution in [0.4, 0.5) is 10.5 Å². The smallest absolute Gasteiger partial charge is 0.477 e. The molecule has 3 N–H and O–H groups in total. The molecule has 0 aliphatic carbocycles. The fraction of sp³-hybridized carbons (Fsp3) is 0.364. The van der Waals surface area contributed by atoms with Gasteiger partial charge in [-0.25, -0.2) is 9.28 Å². The molecule has 6 nitrogen and oxygen atoms in total. The van der Waals surface area contributed by atoms with E-state index in [0.717, 1.165) is 11.1 Å². The van der Waals surface area contributed by atoms with E-state index in [4.69, 9.17) is 10.5 Å². The third-order valence-corrected chi connectivity index (χ3v) is 4.97. The SMILES string of the molecule is CC(C)[C@@H](C(=O)O)[N+](C)(CCc1ccc(N)cc1)C(=O)OCc1ccccc1.Cl.Cl. The molecule has 0 radical (unpaired) electrons. The minimum Gasteiger partial charge on any atom is -0.477 e. The number of quaternary nitrogens is 1. The lowest BCUT2D eigenvalue weighted by molar-refractivity contribution is -0.858. The Hall–Kier alpha value is -2.28. The molecule has 8 heteroatoms. The Morgan fingerprint density at radius 1 is 1.00 bits per heavy atom. The molecule has 2 aromatic rings. The van der Waals surface area contributed by atoms with E-state index in [1.54, 1.807) is 19.2 Å². The lowest BCUT2D eigenvalue weighted by atomic mass is 9.99. The Balaban J connectivity index is 0.00000420. The molecule has 0 saturated heterocycles. The molecule has 0 bridgehead atoms. The highest BCUT2D eigenvalue weighted by Crippen LogP contribution is 2.23. The summed E-state index contributed by atoms with van der Waals surface area (Å²) in [6, 6.07) is 15.8. The van der Waals surface area contributed by atoms with Crippen molar-refractivity contribution in [1.82, 2.24) is 0 Å². The van der Waals surface area contributed by atoms with Crippen molar-refractivity contribution in [2.24, 2.45) is 5.92 Å². The minimum absolute atomic E-state index is 0. The molecule has 0 fully saturated rings. The van der Waals surface area contributed by atoms with Crippen molar-refractivity contribution in [3.63, 3.8) is 0 Å². The highest BCUT2D eigenvalue weighted by atomic mass is 35.5. The number of nitrogens with zero attached hydrogens (tertiary/aromatic N) is 1. The number of ether oxygens (including phenoxy) is 1. The van der Waals surface area contributed by atoms with E-state index in [9.17, 15) is 14.7 Å². The summed E-state index contributed by atoms with van der Waals surface area (Å²) < 4.78 is 5.20. The lowest BCUT2D eigenvalue weighted by Gasteiger charge is -2.37. The van der Waals surface area contributed by atoms with E-state index in [1.165, 1.54) is 0 Å². The second-order valence-corrected chi connectivity index (χ2v) is 7.55. The number of amides is 1. The summed E-state index contributed by atoms with van der Waals surface area (Å²) in [4.78, 5) is 25.0. The first-order valence-corrected chi connectivity index (χ1v) is 9.37. The number of carboxylic acids is 1. The van der Waals surface area contributed by atoms with Crippen molar-refractivity contribution in [1.29, 1.82) is 0 Å². The third-order valence-electron chi connectivity index (χ3n) is 4.97. The highest BCUT2D eigenvalue weighted by Gasteiger charge is 2.48. The number of hydrogen-bond donors (Lipinski definition) is 2. The first-order chi connectivity index (χ1) is 13.2. The topological polar surface area (TPSA) is 89.6 Å². The highest BCUT2D eigenvalue weighted by molar-refractivity contribution is 5.85. The van der Waals surface area contributed by atoms with E-state index in [0.29, 0.717) is 18.7 Å². The number of likely N-dealkylation sites (N-methyl/N-ethyl adjacent to an activating group) is 1. The average Bonchev–Trinajstić information content (AvgIpc) is 2.66. The predicted molar refractivity (Wildman–Crippen MR) is 123 cm³/mol. The van der Waals surface area contributed by atoms with Crippen molar-refractivity contribution >= 4 is 42.6 Å². The van der Waals surface area contributed by atoms with Crippen LogP contribution >= 0.6 is 24.8 Å². The van der Waals surface area contributed by atoms with Gasteiger partial charge in [0, 0.05) is 18.0 Å². The molecule has 0 saturated carbocycles. The number of carboxylic acid groups (broad SMARTS) is 1. The average molecular weight is 458 g/mol. The Bertz CT molecular complexity index is 801. The van der Waals surface area contributed by atoms with Gasteiger partial charge in [-0.2, -0.15) is 4.79 Å². The van der Waals surface area contributed by atoms with Gasteiger partial charge in [0.25, 0.3) is 0 Å². The number of hydrogen-bond acceptors (Lipinski definition) is 4. The maximum Gasteiger partial charge on any atom is 0.516 e. The van der Waals surface area contributed by atoms with E-state index in [1.807, 2.05) is 56.3 Å². The molecular formula is C22H31Cl2N2O4+. The Labute approximate surface area is 190 Å². The summed E-state index contributed by atoms with van der Waals surface area (Å²) in [6.45, 7) is 4.04. The minimum atomic E-state index is -1.01. The molecule has 2 aromatic carbocycles. The van der Waals surface area contributed by atoms with Crippen LogP contribution in [0.25, 0.3) is 0 Å². The fourth-order valence-corrected chi connectivity index (χ4v) is 3.44. The second kappa shape index (κ2) is 12.4. The Morgan fingerprint density at radius 3 is 2.07 bits per heavy atom. The lowest BCUT2D eigenvalue weighted by Crippen LogP contribution is -2.62. The van der Waals surface area contributed by atoms with Gasteiger partial charge in [0.15, 0.2) is 6.04 Å². The van der Waals surface area contributed by atoms with Crippen molar-refractivity contribution in [3.05, 3.63) is 65.7 Å². The summed E-state index contributed by atoms with van der Waals surface area (Å²) >= 11 is 0. The molecule has 0 aliphatic heterocycles. The summed E-state index contributed by atoms with van der Waals surface area (Å²) in [7, 11) is 1.64. The fourth-order valence-electron chi connectivity index (χ4n) is 3.44. The zero-order chi connectivity index (χ0) is 20.7. The van der Waals surface area contributed by atoms with Crippen LogP contribution < -0.4 is 5.73 Å². The van der Waals surface area contributed by atoms with Crippen LogP contribution in [0, 0.1) is 5.92 Å². The van der Waals surface area contributed by atoms with Crippen molar-refractivity contribution in [2.75, 3.05) is 19.3 Å². The zero-order valence-corrected chi connectivity index (χ0v) is 19.1. The van der Waals surface area contributed by atoms with E-state index in [-0.39, 0.29) is 41.8 Å². The quantitative estimate of drug-likeness (QED) is 0.448. The maximum absolute atomic E-state index is 13.0. The van der Waals surface area contributed by atoms with Gasteiger partial charge < -0.3 is 15.6 Å². The number of anilines is 1. The van der Waals surface area contributed by atoms with Gasteiger partial charge in [-0.05, 0) is 23.3 Å². The number of halogens is 2. The normalized spacial score (nSPS) is 13.3. The van der Waals surface area contributed by atoms with Gasteiger partial charge in [-0.1, -0.05) is 56.3 Å². The maximum atomic E-state index is 13.0. The monoisotopic (exact) mass is 457 g/mol. The molecule has 0 aliphatic rings. The summed E-state index contributed by atoms with van der Waals surface area (Å²) in [5.41, 5.74) is 8.23. The first kappa shape index (κ1) is 27.7. The van der Waals surface area contributed by atoms with Gasteiger partial charge in [0.05, 0.1) is 13.6 Å². The number of benzene rings is 2. The predicted octanol–water partition coefficient (Wildman–Crippen LogP) is 4.55. The molecule has 30 heavy (non-hydrogen) atoms. The molecule has 0 spiro atoms. The van der Waals surface area contributed by atoms with Crippen molar-refractivity contribution in [2.45, 2.75) is 32.9 Å². The summed E-state index contributed by atoms with van der Waals surface area (Å²) in [5, 5.41) is 9.81. The molecule has 166 valence electrons. The van der Waals surface area contributed by atoms with Gasteiger partial charge in [0.1, 0.15) is 6.61 Å². The molecule has 1 amide bonds. The number of carbonyl (C=O) groups is 2. The van der Waals surface area contributed by atoms with Crippen LogP contribution in [0.1, 0.15) is 25.0 Å². The van der Waals surface area contributed by atoms with Crippen LogP contribution in [-0.2, 0) is 22.6 Å². The number of aliphatic carboxylic acids is 1. The Kier molecular flexibility index (Phi) is 11.5. The van der Waals surface area contributed by atoms with Crippen molar-refractivity contribution in [3.8, 4) is 0 Å². The molecule has 1 unspecified atom stereocenters. The summed E-state index contributed by atoms with van der Waals surface area (Å²) in [6.07, 6.45) is -0.00586. The van der Waals surface area contributed by atoms with Gasteiger partial charge in [-0.3, -0.25) is 0 Å². The molecule has 2 rings (SSSR count). The number of rotatable bonds is 8. The molecule has 2 atom stereocenters. The third kappa shape index (κ3) is 7.20. The standard InChI is InChI=1S/C22H28N2O4.2ClH/c1-16(2)20(21(25)26)24(3,14-13-17-9-11-19(23)12-10-17)22(27)28-15-18-7-5-4-6-8-18;;/h4-12,16,20H,13-15,23H2,1-3H3;2*1H/p+1/t20-,24?;;/m0../s1. The second-order valence-electron chi connectivity index (χ2n) is 7.55. The number of nitrogen functional groups attached to an aromatic ring is 1. The van der Waals surface area contributed by atoms with E-state index < -0.39 is 18.1 Å². The Morgan fingerprint density at radius 2 is 1.57 bits per heavy atom.